The first-order valence-corrected chi connectivity index (χ1v) is 6.90. The largest absolute Gasteiger partial charge is 0.469 e. The van der Waals surface area contributed by atoms with Crippen molar-refractivity contribution in [3.05, 3.63) is 24.2 Å². The number of nitrogens with one attached hydrogen (secondary N) is 1. The third-order valence-corrected chi connectivity index (χ3v) is 3.75. The molecule has 1 saturated heterocycles. The summed E-state index contributed by atoms with van der Waals surface area (Å²) < 4.78 is 5.31. The molecule has 1 N–H and O–H groups in total. The van der Waals surface area contributed by atoms with Gasteiger partial charge in [0, 0.05) is 25.6 Å². The van der Waals surface area contributed by atoms with Gasteiger partial charge in [-0.1, -0.05) is 0 Å². The Bertz CT molecular complexity index is 398. The molecule has 1 aromatic rings. The minimum atomic E-state index is 0.0582. The summed E-state index contributed by atoms with van der Waals surface area (Å²) in [6, 6.07) is 4.52. The van der Waals surface area contributed by atoms with E-state index in [4.69, 9.17) is 4.42 Å². The topological polar surface area (TPSA) is 45.5 Å². The van der Waals surface area contributed by atoms with Crippen molar-refractivity contribution in [1.29, 1.82) is 0 Å². The van der Waals surface area contributed by atoms with Crippen LogP contribution in [0, 0.1) is 0 Å². The van der Waals surface area contributed by atoms with Crippen molar-refractivity contribution in [2.75, 3.05) is 13.1 Å². The van der Waals surface area contributed by atoms with Gasteiger partial charge in [0.25, 0.3) is 0 Å². The van der Waals surface area contributed by atoms with Crippen molar-refractivity contribution in [2.24, 2.45) is 0 Å². The Labute approximate surface area is 107 Å². The lowest BCUT2D eigenvalue weighted by Crippen LogP contribution is -2.51. The maximum absolute atomic E-state index is 12.3. The number of hydrogen-bond acceptors (Lipinski definition) is 3. The fourth-order valence-corrected chi connectivity index (χ4v) is 2.55. The predicted molar refractivity (Wildman–Crippen MR) is 68.2 cm³/mol. The van der Waals surface area contributed by atoms with Crippen LogP contribution in [0.15, 0.2) is 22.8 Å². The molecular weight excluding hydrogens is 228 g/mol. The highest BCUT2D eigenvalue weighted by molar-refractivity contribution is 5.82. The molecule has 18 heavy (non-hydrogen) atoms. The molecule has 4 nitrogen and oxygen atoms in total. The van der Waals surface area contributed by atoms with Gasteiger partial charge in [-0.2, -0.15) is 0 Å². The maximum Gasteiger partial charge on any atom is 0.239 e. The zero-order chi connectivity index (χ0) is 12.4. The summed E-state index contributed by atoms with van der Waals surface area (Å²) >= 11 is 0. The molecule has 98 valence electrons. The first kappa shape index (κ1) is 11.8. The summed E-state index contributed by atoms with van der Waals surface area (Å²) in [4.78, 5) is 14.3. The van der Waals surface area contributed by atoms with Gasteiger partial charge >= 0.3 is 0 Å². The van der Waals surface area contributed by atoms with Gasteiger partial charge in [0.2, 0.25) is 5.91 Å². The lowest BCUT2D eigenvalue weighted by atomic mass is 10.0. The molecule has 0 aromatic carbocycles. The Morgan fingerprint density at radius 2 is 2.28 bits per heavy atom. The van der Waals surface area contributed by atoms with Gasteiger partial charge in [0.1, 0.15) is 5.76 Å². The van der Waals surface area contributed by atoms with Crippen LogP contribution in [0.25, 0.3) is 0 Å². The van der Waals surface area contributed by atoms with Crippen LogP contribution in [0.1, 0.15) is 31.4 Å². The number of likely N-dealkylation sites (tertiary alicyclic amines) is 1. The van der Waals surface area contributed by atoms with Crippen LogP contribution in [0.2, 0.25) is 0 Å². The standard InChI is InChI=1S/C14H20N2O2/c17-14-13(15-11-5-6-11)4-1-8-16(14)9-7-12-3-2-10-18-12/h2-3,10-11,13,15H,1,4-9H2. The molecule has 0 bridgehead atoms. The third kappa shape index (κ3) is 2.75. The second-order valence-corrected chi connectivity index (χ2v) is 5.29. The molecule has 2 aliphatic rings. The number of carbonyl (C=O) groups excluding carboxylic acids is 1. The van der Waals surface area contributed by atoms with Crippen molar-refractivity contribution in [3.63, 3.8) is 0 Å². The third-order valence-electron chi connectivity index (χ3n) is 3.75. The van der Waals surface area contributed by atoms with Crippen molar-refractivity contribution in [2.45, 2.75) is 44.2 Å². The van der Waals surface area contributed by atoms with E-state index in [0.29, 0.717) is 6.04 Å². The number of amides is 1. The van der Waals surface area contributed by atoms with Crippen LogP contribution >= 0.6 is 0 Å². The van der Waals surface area contributed by atoms with Gasteiger partial charge in [-0.25, -0.2) is 0 Å². The SMILES string of the molecule is O=C1C(NC2CC2)CCCN1CCc1ccco1. The number of rotatable bonds is 5. The van der Waals surface area contributed by atoms with Gasteiger partial charge in [0.15, 0.2) is 0 Å². The Morgan fingerprint density at radius 3 is 3.00 bits per heavy atom. The maximum atomic E-state index is 12.3. The molecular formula is C14H20N2O2. The average Bonchev–Trinajstić information content (AvgIpc) is 3.04. The zero-order valence-electron chi connectivity index (χ0n) is 10.6. The number of carbonyl (C=O) groups is 1. The molecule has 4 heteroatoms. The highest BCUT2D eigenvalue weighted by Gasteiger charge is 2.33. The summed E-state index contributed by atoms with van der Waals surface area (Å²) in [6.45, 7) is 1.66. The van der Waals surface area contributed by atoms with Crippen LogP contribution in [-0.2, 0) is 11.2 Å². The molecule has 1 amide bonds. The summed E-state index contributed by atoms with van der Waals surface area (Å²) in [6.07, 6.45) is 7.06. The zero-order valence-corrected chi connectivity index (χ0v) is 10.6. The van der Waals surface area contributed by atoms with E-state index < -0.39 is 0 Å². The van der Waals surface area contributed by atoms with E-state index in [9.17, 15) is 4.79 Å². The number of hydrogen-bond donors (Lipinski definition) is 1. The number of piperidine rings is 1. The Balaban J connectivity index is 1.52. The van der Waals surface area contributed by atoms with Gasteiger partial charge in [-0.15, -0.1) is 0 Å². The van der Waals surface area contributed by atoms with E-state index in [0.717, 1.165) is 38.1 Å². The molecule has 1 atom stereocenters. The van der Waals surface area contributed by atoms with Gasteiger partial charge in [0.05, 0.1) is 12.3 Å². The lowest BCUT2D eigenvalue weighted by molar-refractivity contribution is -0.136. The quantitative estimate of drug-likeness (QED) is 0.860. The summed E-state index contributed by atoms with van der Waals surface area (Å²) in [5.74, 6) is 1.24. The predicted octanol–water partition coefficient (Wildman–Crippen LogP) is 1.57. The molecule has 0 radical (unpaired) electrons. The van der Waals surface area contributed by atoms with E-state index >= 15 is 0 Å². The Hall–Kier alpha value is -1.29. The molecule has 1 saturated carbocycles. The highest BCUT2D eigenvalue weighted by atomic mass is 16.3. The van der Waals surface area contributed by atoms with E-state index in [1.807, 2.05) is 17.0 Å². The molecule has 1 unspecified atom stereocenters. The molecule has 0 spiro atoms. The highest BCUT2D eigenvalue weighted by Crippen LogP contribution is 2.22. The molecule has 3 rings (SSSR count). The van der Waals surface area contributed by atoms with Crippen LogP contribution < -0.4 is 5.32 Å². The molecule has 2 fully saturated rings. The smallest absolute Gasteiger partial charge is 0.239 e. The van der Waals surface area contributed by atoms with Crippen LogP contribution in [-0.4, -0.2) is 36.0 Å². The number of furan rings is 1. The van der Waals surface area contributed by atoms with Gasteiger partial charge < -0.3 is 14.6 Å². The first-order valence-electron chi connectivity index (χ1n) is 6.90. The summed E-state index contributed by atoms with van der Waals surface area (Å²) in [5.41, 5.74) is 0. The minimum Gasteiger partial charge on any atom is -0.469 e. The Morgan fingerprint density at radius 1 is 1.39 bits per heavy atom. The van der Waals surface area contributed by atoms with Crippen molar-refractivity contribution < 1.29 is 9.21 Å². The number of nitrogens with zero attached hydrogens (tertiary/aromatic N) is 1. The van der Waals surface area contributed by atoms with Crippen LogP contribution in [0.3, 0.4) is 0 Å². The van der Waals surface area contributed by atoms with Crippen LogP contribution in [0.5, 0.6) is 0 Å². The van der Waals surface area contributed by atoms with E-state index in [2.05, 4.69) is 5.32 Å². The normalized spacial score (nSPS) is 24.6. The fraction of sp³-hybridized carbons (Fsp3) is 0.643. The van der Waals surface area contributed by atoms with E-state index in [-0.39, 0.29) is 11.9 Å². The molecule has 1 aliphatic carbocycles. The molecule has 1 aromatic heterocycles. The second kappa shape index (κ2) is 5.14. The Kier molecular flexibility index (Phi) is 3.37. The lowest BCUT2D eigenvalue weighted by Gasteiger charge is -2.32. The summed E-state index contributed by atoms with van der Waals surface area (Å²) in [7, 11) is 0. The molecule has 2 heterocycles. The van der Waals surface area contributed by atoms with Crippen molar-refractivity contribution in [1.82, 2.24) is 10.2 Å². The van der Waals surface area contributed by atoms with Crippen LogP contribution in [0.4, 0.5) is 0 Å². The van der Waals surface area contributed by atoms with Gasteiger partial charge in [-0.3, -0.25) is 4.79 Å². The molecule has 1 aliphatic heterocycles. The monoisotopic (exact) mass is 248 g/mol. The first-order chi connectivity index (χ1) is 8.83. The van der Waals surface area contributed by atoms with Gasteiger partial charge in [-0.05, 0) is 37.8 Å². The average molecular weight is 248 g/mol. The van der Waals surface area contributed by atoms with Crippen molar-refractivity contribution >= 4 is 5.91 Å². The second-order valence-electron chi connectivity index (χ2n) is 5.29. The minimum absolute atomic E-state index is 0.0582. The summed E-state index contributed by atoms with van der Waals surface area (Å²) in [5, 5.41) is 3.45. The van der Waals surface area contributed by atoms with Crippen molar-refractivity contribution in [3.8, 4) is 0 Å². The fourth-order valence-electron chi connectivity index (χ4n) is 2.55. The van der Waals surface area contributed by atoms with E-state index in [1.165, 1.54) is 12.8 Å². The van der Waals surface area contributed by atoms with E-state index in [1.54, 1.807) is 6.26 Å².